The molecule has 0 radical (unpaired) electrons. The zero-order valence-electron chi connectivity index (χ0n) is 12.7. The summed E-state index contributed by atoms with van der Waals surface area (Å²) in [7, 11) is 0. The van der Waals surface area contributed by atoms with Crippen LogP contribution < -0.4 is 11.1 Å². The van der Waals surface area contributed by atoms with Gasteiger partial charge in [-0.25, -0.2) is 4.79 Å². The SMILES string of the molecule is CC(C)(C)OC(=O)NC(C(N)=O)C1CCC(C(=O)O)CC1. The van der Waals surface area contributed by atoms with E-state index in [-0.39, 0.29) is 11.8 Å². The molecule has 0 spiro atoms. The monoisotopic (exact) mass is 300 g/mol. The van der Waals surface area contributed by atoms with Gasteiger partial charge in [0.2, 0.25) is 5.91 Å². The van der Waals surface area contributed by atoms with Gasteiger partial charge >= 0.3 is 12.1 Å². The van der Waals surface area contributed by atoms with E-state index in [2.05, 4.69) is 5.32 Å². The van der Waals surface area contributed by atoms with Crippen LogP contribution in [0.5, 0.6) is 0 Å². The van der Waals surface area contributed by atoms with Crippen LogP contribution in [0.3, 0.4) is 0 Å². The number of carbonyl (C=O) groups is 3. The number of hydrogen-bond acceptors (Lipinski definition) is 4. The Balaban J connectivity index is 2.61. The maximum absolute atomic E-state index is 11.8. The highest BCUT2D eigenvalue weighted by molar-refractivity contribution is 5.84. The lowest BCUT2D eigenvalue weighted by Crippen LogP contribution is -2.51. The van der Waals surface area contributed by atoms with Gasteiger partial charge in [-0.15, -0.1) is 0 Å². The van der Waals surface area contributed by atoms with Crippen LogP contribution in [0, 0.1) is 11.8 Å². The number of hydrogen-bond donors (Lipinski definition) is 3. The standard InChI is InChI=1S/C14H24N2O5/c1-14(2,3)21-13(20)16-10(11(15)17)8-4-6-9(7-5-8)12(18)19/h8-10H,4-7H2,1-3H3,(H2,15,17)(H,16,20)(H,18,19). The van der Waals surface area contributed by atoms with E-state index in [4.69, 9.17) is 15.6 Å². The fourth-order valence-electron chi connectivity index (χ4n) is 2.56. The van der Waals surface area contributed by atoms with Crippen molar-refractivity contribution in [2.24, 2.45) is 17.6 Å². The summed E-state index contributed by atoms with van der Waals surface area (Å²) in [5, 5.41) is 11.5. The second-order valence-corrected chi connectivity index (χ2v) is 6.48. The second-order valence-electron chi connectivity index (χ2n) is 6.48. The molecule has 21 heavy (non-hydrogen) atoms. The first kappa shape index (κ1) is 17.3. The molecule has 1 atom stereocenters. The van der Waals surface area contributed by atoms with Crippen LogP contribution >= 0.6 is 0 Å². The quantitative estimate of drug-likeness (QED) is 0.722. The van der Waals surface area contributed by atoms with Crippen molar-refractivity contribution >= 4 is 18.0 Å². The molecule has 1 unspecified atom stereocenters. The minimum Gasteiger partial charge on any atom is -0.481 e. The molecule has 1 aliphatic rings. The van der Waals surface area contributed by atoms with Gasteiger partial charge in [0.05, 0.1) is 5.92 Å². The number of nitrogens with one attached hydrogen (secondary N) is 1. The number of alkyl carbamates (subject to hydrolysis) is 1. The Labute approximate surface area is 124 Å². The topological polar surface area (TPSA) is 119 Å². The van der Waals surface area contributed by atoms with Crippen LogP contribution in [0.15, 0.2) is 0 Å². The molecule has 1 fully saturated rings. The first-order valence-corrected chi connectivity index (χ1v) is 7.12. The average Bonchev–Trinajstić information content (AvgIpc) is 2.33. The van der Waals surface area contributed by atoms with Gasteiger partial charge in [0.15, 0.2) is 0 Å². The van der Waals surface area contributed by atoms with Crippen LogP contribution in [-0.4, -0.2) is 34.7 Å². The second kappa shape index (κ2) is 6.78. The molecule has 1 saturated carbocycles. The van der Waals surface area contributed by atoms with Gasteiger partial charge in [0, 0.05) is 0 Å². The van der Waals surface area contributed by atoms with E-state index in [1.807, 2.05) is 0 Å². The van der Waals surface area contributed by atoms with Gasteiger partial charge in [-0.1, -0.05) is 0 Å². The minimum absolute atomic E-state index is 0.148. The molecular weight excluding hydrogens is 276 g/mol. The molecule has 1 rings (SSSR count). The van der Waals surface area contributed by atoms with E-state index in [1.54, 1.807) is 20.8 Å². The molecule has 0 aromatic carbocycles. The Morgan fingerprint density at radius 3 is 2.10 bits per heavy atom. The molecule has 0 saturated heterocycles. The van der Waals surface area contributed by atoms with Crippen LogP contribution in [0.2, 0.25) is 0 Å². The summed E-state index contributed by atoms with van der Waals surface area (Å²) in [5.41, 5.74) is 4.69. The van der Waals surface area contributed by atoms with E-state index in [1.165, 1.54) is 0 Å². The molecule has 1 aliphatic carbocycles. The Kier molecular flexibility index (Phi) is 5.57. The fourth-order valence-corrected chi connectivity index (χ4v) is 2.56. The predicted molar refractivity (Wildman–Crippen MR) is 75.4 cm³/mol. The normalized spacial score (nSPS) is 24.0. The van der Waals surface area contributed by atoms with Crippen molar-refractivity contribution in [1.29, 1.82) is 0 Å². The maximum atomic E-state index is 11.8. The highest BCUT2D eigenvalue weighted by atomic mass is 16.6. The van der Waals surface area contributed by atoms with Gasteiger partial charge in [-0.05, 0) is 52.4 Å². The molecule has 7 nitrogen and oxygen atoms in total. The van der Waals surface area contributed by atoms with Gasteiger partial charge < -0.3 is 20.9 Å². The molecule has 0 aliphatic heterocycles. The molecule has 0 aromatic rings. The number of carbonyl (C=O) groups excluding carboxylic acids is 2. The Morgan fingerprint density at radius 1 is 1.19 bits per heavy atom. The van der Waals surface area contributed by atoms with Crippen molar-refractivity contribution in [3.8, 4) is 0 Å². The zero-order chi connectivity index (χ0) is 16.2. The third kappa shape index (κ3) is 5.61. The summed E-state index contributed by atoms with van der Waals surface area (Å²) < 4.78 is 5.12. The molecular formula is C14H24N2O5. The Bertz CT molecular complexity index is 408. The van der Waals surface area contributed by atoms with Gasteiger partial charge in [0.1, 0.15) is 11.6 Å². The summed E-state index contributed by atoms with van der Waals surface area (Å²) in [6, 6.07) is -0.824. The van der Waals surface area contributed by atoms with Crippen LogP contribution in [0.4, 0.5) is 4.79 Å². The Morgan fingerprint density at radius 2 is 1.71 bits per heavy atom. The van der Waals surface area contributed by atoms with E-state index >= 15 is 0 Å². The third-order valence-corrected chi connectivity index (χ3v) is 3.57. The maximum Gasteiger partial charge on any atom is 0.408 e. The number of nitrogens with two attached hydrogens (primary N) is 1. The van der Waals surface area contributed by atoms with E-state index < -0.39 is 29.6 Å². The molecule has 0 heterocycles. The molecule has 7 heteroatoms. The van der Waals surface area contributed by atoms with Gasteiger partial charge in [0.25, 0.3) is 0 Å². The van der Waals surface area contributed by atoms with E-state index in [0.717, 1.165) is 0 Å². The Hall–Kier alpha value is -1.79. The van der Waals surface area contributed by atoms with Crippen molar-refractivity contribution < 1.29 is 24.2 Å². The first-order valence-electron chi connectivity index (χ1n) is 7.12. The van der Waals surface area contributed by atoms with E-state index in [0.29, 0.717) is 25.7 Å². The van der Waals surface area contributed by atoms with Gasteiger partial charge in [-0.3, -0.25) is 9.59 Å². The minimum atomic E-state index is -0.824. The lowest BCUT2D eigenvalue weighted by Gasteiger charge is -2.31. The molecule has 0 aromatic heterocycles. The molecule has 2 amide bonds. The predicted octanol–water partition coefficient (Wildman–Crippen LogP) is 1.26. The summed E-state index contributed by atoms with van der Waals surface area (Å²) in [4.78, 5) is 34.2. The largest absolute Gasteiger partial charge is 0.481 e. The molecule has 120 valence electrons. The van der Waals surface area contributed by atoms with Crippen LogP contribution in [-0.2, 0) is 14.3 Å². The number of aliphatic carboxylic acids is 1. The lowest BCUT2D eigenvalue weighted by atomic mass is 9.78. The number of primary amides is 1. The van der Waals surface area contributed by atoms with Crippen molar-refractivity contribution in [2.75, 3.05) is 0 Å². The summed E-state index contributed by atoms with van der Waals surface area (Å²) in [5.74, 6) is -1.97. The van der Waals surface area contributed by atoms with E-state index in [9.17, 15) is 14.4 Å². The number of amides is 2. The zero-order valence-corrected chi connectivity index (χ0v) is 12.7. The number of carboxylic acid groups (broad SMARTS) is 1. The van der Waals surface area contributed by atoms with Crippen molar-refractivity contribution in [3.63, 3.8) is 0 Å². The van der Waals surface area contributed by atoms with Crippen molar-refractivity contribution in [2.45, 2.75) is 58.1 Å². The summed E-state index contributed by atoms with van der Waals surface area (Å²) >= 11 is 0. The van der Waals surface area contributed by atoms with Crippen LogP contribution in [0.1, 0.15) is 46.5 Å². The van der Waals surface area contributed by atoms with Gasteiger partial charge in [-0.2, -0.15) is 0 Å². The highest BCUT2D eigenvalue weighted by Crippen LogP contribution is 2.31. The smallest absolute Gasteiger partial charge is 0.408 e. The number of rotatable bonds is 4. The third-order valence-electron chi connectivity index (χ3n) is 3.57. The van der Waals surface area contributed by atoms with Crippen molar-refractivity contribution in [3.05, 3.63) is 0 Å². The fraction of sp³-hybridized carbons (Fsp3) is 0.786. The first-order chi connectivity index (χ1) is 9.60. The number of carboxylic acids is 1. The molecule has 4 N–H and O–H groups in total. The average molecular weight is 300 g/mol. The van der Waals surface area contributed by atoms with Crippen molar-refractivity contribution in [1.82, 2.24) is 5.32 Å². The number of ether oxygens (including phenoxy) is 1. The molecule has 0 bridgehead atoms. The summed E-state index contributed by atoms with van der Waals surface area (Å²) in [6.45, 7) is 5.18. The van der Waals surface area contributed by atoms with Crippen LogP contribution in [0.25, 0.3) is 0 Å². The summed E-state index contributed by atoms with van der Waals surface area (Å²) in [6.07, 6.45) is 1.37. The highest BCUT2D eigenvalue weighted by Gasteiger charge is 2.34. The lowest BCUT2D eigenvalue weighted by molar-refractivity contribution is -0.143.